The summed E-state index contributed by atoms with van der Waals surface area (Å²) in [6.07, 6.45) is 0. The van der Waals surface area contributed by atoms with Gasteiger partial charge in [0.25, 0.3) is 10.0 Å². The first kappa shape index (κ1) is 15.3. The second-order valence-corrected chi connectivity index (χ2v) is 6.74. The van der Waals surface area contributed by atoms with Crippen LogP contribution in [0.1, 0.15) is 0 Å². The lowest BCUT2D eigenvalue weighted by molar-refractivity contribution is 0.460. The molecule has 0 spiro atoms. The van der Waals surface area contributed by atoms with Crippen LogP contribution in [0.5, 0.6) is 0 Å². The highest BCUT2D eigenvalue weighted by molar-refractivity contribution is 7.92. The molecule has 1 aromatic heterocycles. The van der Waals surface area contributed by atoms with E-state index in [1.165, 1.54) is 24.3 Å². The molecular formula is C14H9ClN2O5S. The quantitative estimate of drug-likeness (QED) is 0.748. The number of nitrogens with one attached hydrogen (secondary N) is 2. The van der Waals surface area contributed by atoms with Gasteiger partial charge in [0.15, 0.2) is 0 Å². The zero-order chi connectivity index (χ0) is 16.6. The van der Waals surface area contributed by atoms with Crippen molar-refractivity contribution in [3.63, 3.8) is 0 Å². The SMILES string of the molecule is O=c1[nH]c2ccc(S(=O)(=O)Nc3ccc(Cl)cc3)cc2c(=O)o1. The van der Waals surface area contributed by atoms with Gasteiger partial charge in [0.2, 0.25) is 0 Å². The Morgan fingerprint density at radius 1 is 1.04 bits per heavy atom. The molecule has 0 saturated carbocycles. The van der Waals surface area contributed by atoms with Crippen molar-refractivity contribution in [2.24, 2.45) is 0 Å². The highest BCUT2D eigenvalue weighted by Crippen LogP contribution is 2.20. The number of sulfonamides is 1. The van der Waals surface area contributed by atoms with Crippen molar-refractivity contribution in [2.45, 2.75) is 4.90 Å². The van der Waals surface area contributed by atoms with Gasteiger partial charge in [-0.05, 0) is 42.5 Å². The van der Waals surface area contributed by atoms with Gasteiger partial charge in [-0.25, -0.2) is 18.0 Å². The number of rotatable bonds is 3. The van der Waals surface area contributed by atoms with Crippen molar-refractivity contribution >= 4 is 38.2 Å². The van der Waals surface area contributed by atoms with E-state index in [4.69, 9.17) is 11.6 Å². The van der Waals surface area contributed by atoms with E-state index >= 15 is 0 Å². The Morgan fingerprint density at radius 3 is 2.43 bits per heavy atom. The van der Waals surface area contributed by atoms with E-state index in [-0.39, 0.29) is 15.8 Å². The minimum atomic E-state index is -3.91. The minimum Gasteiger partial charge on any atom is -0.372 e. The maximum absolute atomic E-state index is 12.4. The predicted octanol–water partition coefficient (Wildman–Crippen LogP) is 1.94. The Labute approximate surface area is 134 Å². The zero-order valence-electron chi connectivity index (χ0n) is 11.4. The van der Waals surface area contributed by atoms with E-state index < -0.39 is 21.4 Å². The van der Waals surface area contributed by atoms with Gasteiger partial charge in [-0.3, -0.25) is 9.71 Å². The van der Waals surface area contributed by atoms with Crippen molar-refractivity contribution in [1.29, 1.82) is 0 Å². The molecule has 1 heterocycles. The van der Waals surface area contributed by atoms with Crippen molar-refractivity contribution in [2.75, 3.05) is 4.72 Å². The van der Waals surface area contributed by atoms with Gasteiger partial charge in [-0.2, -0.15) is 0 Å². The Bertz CT molecular complexity index is 1100. The Balaban J connectivity index is 2.06. The van der Waals surface area contributed by atoms with Crippen LogP contribution >= 0.6 is 11.6 Å². The monoisotopic (exact) mass is 352 g/mol. The number of hydrogen-bond acceptors (Lipinski definition) is 5. The van der Waals surface area contributed by atoms with Crippen molar-refractivity contribution in [3.8, 4) is 0 Å². The van der Waals surface area contributed by atoms with Crippen LogP contribution in [0.4, 0.5) is 5.69 Å². The first-order chi connectivity index (χ1) is 10.8. The average molecular weight is 353 g/mol. The molecule has 118 valence electrons. The predicted molar refractivity (Wildman–Crippen MR) is 85.4 cm³/mol. The van der Waals surface area contributed by atoms with Gasteiger partial charge in [-0.15, -0.1) is 0 Å². The summed E-state index contributed by atoms with van der Waals surface area (Å²) in [6, 6.07) is 9.83. The van der Waals surface area contributed by atoms with Crippen LogP contribution in [0.25, 0.3) is 10.9 Å². The summed E-state index contributed by atoms with van der Waals surface area (Å²) in [5, 5.41) is 0.434. The molecular weight excluding hydrogens is 344 g/mol. The van der Waals surface area contributed by atoms with Gasteiger partial charge < -0.3 is 4.42 Å². The molecule has 2 N–H and O–H groups in total. The second kappa shape index (κ2) is 5.56. The molecule has 0 unspecified atom stereocenters. The number of anilines is 1. The molecule has 0 saturated heterocycles. The molecule has 0 bridgehead atoms. The molecule has 0 aliphatic heterocycles. The van der Waals surface area contributed by atoms with E-state index in [0.29, 0.717) is 10.7 Å². The van der Waals surface area contributed by atoms with Crippen molar-refractivity contribution in [3.05, 3.63) is 68.5 Å². The molecule has 0 aliphatic carbocycles. The van der Waals surface area contributed by atoms with Crippen LogP contribution in [0.2, 0.25) is 5.02 Å². The summed E-state index contributed by atoms with van der Waals surface area (Å²) in [6.45, 7) is 0. The fourth-order valence-corrected chi connectivity index (χ4v) is 3.19. The van der Waals surface area contributed by atoms with E-state index in [1.807, 2.05) is 0 Å². The van der Waals surface area contributed by atoms with Gasteiger partial charge in [0.05, 0.1) is 15.8 Å². The van der Waals surface area contributed by atoms with E-state index in [9.17, 15) is 18.0 Å². The van der Waals surface area contributed by atoms with Gasteiger partial charge >= 0.3 is 11.4 Å². The van der Waals surface area contributed by atoms with Crippen LogP contribution in [0.15, 0.2) is 61.4 Å². The lowest BCUT2D eigenvalue weighted by Gasteiger charge is -2.08. The third-order valence-corrected chi connectivity index (χ3v) is 4.67. The smallest absolute Gasteiger partial charge is 0.372 e. The van der Waals surface area contributed by atoms with Crippen LogP contribution in [0.3, 0.4) is 0 Å². The minimum absolute atomic E-state index is 0.0384. The summed E-state index contributed by atoms with van der Waals surface area (Å²) in [4.78, 5) is 24.9. The summed E-state index contributed by atoms with van der Waals surface area (Å²) >= 11 is 5.74. The number of fused-ring (bicyclic) bond motifs is 1. The van der Waals surface area contributed by atoms with Crippen LogP contribution in [0, 0.1) is 0 Å². The molecule has 7 nitrogen and oxygen atoms in total. The molecule has 9 heteroatoms. The van der Waals surface area contributed by atoms with E-state index in [0.717, 1.165) is 6.07 Å². The summed E-state index contributed by atoms with van der Waals surface area (Å²) in [5.74, 6) is -0.905. The van der Waals surface area contributed by atoms with Crippen molar-refractivity contribution in [1.82, 2.24) is 4.98 Å². The number of H-pyrrole nitrogens is 1. The van der Waals surface area contributed by atoms with Crippen LogP contribution in [-0.4, -0.2) is 13.4 Å². The molecule has 23 heavy (non-hydrogen) atoms. The standard InChI is InChI=1S/C14H9ClN2O5S/c15-8-1-3-9(4-2-8)17-23(20,21)10-5-6-12-11(7-10)13(18)22-14(19)16-12/h1-7,17H,(H,16,19). The van der Waals surface area contributed by atoms with Gasteiger partial charge in [0, 0.05) is 10.7 Å². The molecule has 3 rings (SSSR count). The molecule has 0 fully saturated rings. The molecule has 0 aliphatic rings. The summed E-state index contributed by atoms with van der Waals surface area (Å²) in [5.41, 5.74) is -0.396. The molecule has 0 atom stereocenters. The number of benzene rings is 2. The molecule has 3 aromatic rings. The number of aromatic amines is 1. The summed E-state index contributed by atoms with van der Waals surface area (Å²) < 4.78 is 31.5. The highest BCUT2D eigenvalue weighted by Gasteiger charge is 2.16. The third kappa shape index (κ3) is 3.13. The zero-order valence-corrected chi connectivity index (χ0v) is 12.9. The number of aromatic nitrogens is 1. The van der Waals surface area contributed by atoms with Crippen LogP contribution < -0.4 is 16.1 Å². The second-order valence-electron chi connectivity index (χ2n) is 4.62. The van der Waals surface area contributed by atoms with Crippen molar-refractivity contribution < 1.29 is 12.8 Å². The van der Waals surface area contributed by atoms with Crippen LogP contribution in [-0.2, 0) is 10.0 Å². The highest BCUT2D eigenvalue weighted by atomic mass is 35.5. The first-order valence-corrected chi connectivity index (χ1v) is 8.17. The van der Waals surface area contributed by atoms with E-state index in [2.05, 4.69) is 14.1 Å². The largest absolute Gasteiger partial charge is 0.419 e. The van der Waals surface area contributed by atoms with E-state index in [1.54, 1.807) is 12.1 Å². The number of hydrogen-bond donors (Lipinski definition) is 2. The molecule has 0 radical (unpaired) electrons. The maximum atomic E-state index is 12.4. The van der Waals surface area contributed by atoms with Gasteiger partial charge in [-0.1, -0.05) is 11.6 Å². The lowest BCUT2D eigenvalue weighted by Crippen LogP contribution is -2.16. The normalized spacial score (nSPS) is 11.5. The Hall–Kier alpha value is -2.58. The summed E-state index contributed by atoms with van der Waals surface area (Å²) in [7, 11) is -3.91. The molecule has 0 amide bonds. The first-order valence-electron chi connectivity index (χ1n) is 6.31. The fraction of sp³-hybridized carbons (Fsp3) is 0. The third-order valence-electron chi connectivity index (χ3n) is 3.04. The maximum Gasteiger partial charge on any atom is 0.419 e. The average Bonchev–Trinajstić information content (AvgIpc) is 2.49. The fourth-order valence-electron chi connectivity index (χ4n) is 1.98. The molecule has 2 aromatic carbocycles. The van der Waals surface area contributed by atoms with Gasteiger partial charge in [0.1, 0.15) is 0 Å². The Morgan fingerprint density at radius 2 is 1.74 bits per heavy atom. The topological polar surface area (TPSA) is 109 Å². The lowest BCUT2D eigenvalue weighted by atomic mass is 10.2. The Kier molecular flexibility index (Phi) is 3.70. The number of halogens is 1.